The van der Waals surface area contributed by atoms with Crippen molar-refractivity contribution < 1.29 is 4.79 Å². The predicted octanol–water partition coefficient (Wildman–Crippen LogP) is 4.00. The summed E-state index contributed by atoms with van der Waals surface area (Å²) in [6.45, 7) is 0.633. The Balaban J connectivity index is 1.76. The topological polar surface area (TPSA) is 29.1 Å². The minimum Gasteiger partial charge on any atom is -0.355 e. The van der Waals surface area contributed by atoms with E-state index in [4.69, 9.17) is 11.6 Å². The van der Waals surface area contributed by atoms with Gasteiger partial charge in [0.15, 0.2) is 0 Å². The Labute approximate surface area is 132 Å². The van der Waals surface area contributed by atoms with Gasteiger partial charge >= 0.3 is 0 Å². The summed E-state index contributed by atoms with van der Waals surface area (Å²) in [6.07, 6.45) is 1.21. The van der Waals surface area contributed by atoms with Crippen molar-refractivity contribution in [2.45, 2.75) is 12.8 Å². The van der Waals surface area contributed by atoms with Gasteiger partial charge in [0.05, 0.1) is 6.42 Å². The molecule has 0 aliphatic carbocycles. The van der Waals surface area contributed by atoms with E-state index in [9.17, 15) is 4.79 Å². The van der Waals surface area contributed by atoms with Crippen LogP contribution in [0.3, 0.4) is 0 Å². The molecule has 0 aromatic heterocycles. The van der Waals surface area contributed by atoms with Gasteiger partial charge in [-0.15, -0.1) is 0 Å². The second kappa shape index (κ2) is 7.46. The molecule has 0 fully saturated rings. The predicted molar refractivity (Wildman–Crippen MR) is 86.0 cm³/mol. The summed E-state index contributed by atoms with van der Waals surface area (Å²) in [7, 11) is 0. The molecule has 0 unspecified atom stereocenters. The maximum atomic E-state index is 11.8. The molecule has 0 aliphatic rings. The van der Waals surface area contributed by atoms with Crippen molar-refractivity contribution in [1.82, 2.24) is 5.32 Å². The molecule has 0 atom stereocenters. The fourth-order valence-electron chi connectivity index (χ4n) is 1.89. The number of amides is 1. The van der Waals surface area contributed by atoms with E-state index in [2.05, 4.69) is 21.2 Å². The van der Waals surface area contributed by atoms with E-state index in [1.165, 1.54) is 0 Å². The van der Waals surface area contributed by atoms with Crippen LogP contribution in [0.25, 0.3) is 0 Å². The van der Waals surface area contributed by atoms with Gasteiger partial charge in [-0.3, -0.25) is 4.79 Å². The Bertz CT molecular complexity index is 583. The van der Waals surface area contributed by atoms with E-state index in [0.29, 0.717) is 13.0 Å². The molecule has 1 N–H and O–H groups in total. The highest BCUT2D eigenvalue weighted by Crippen LogP contribution is 2.12. The zero-order valence-corrected chi connectivity index (χ0v) is 13.2. The molecule has 20 heavy (non-hydrogen) atoms. The molecule has 0 heterocycles. The minimum absolute atomic E-state index is 0.0389. The Kier molecular flexibility index (Phi) is 5.62. The van der Waals surface area contributed by atoms with Crippen LogP contribution in [-0.2, 0) is 17.6 Å². The summed E-state index contributed by atoms with van der Waals surface area (Å²) < 4.78 is 0.990. The number of halogens is 2. The first-order valence-electron chi connectivity index (χ1n) is 6.39. The number of hydrogen-bond donors (Lipinski definition) is 1. The highest BCUT2D eigenvalue weighted by molar-refractivity contribution is 9.10. The third-order valence-electron chi connectivity index (χ3n) is 2.90. The second-order valence-electron chi connectivity index (χ2n) is 4.53. The number of hydrogen-bond acceptors (Lipinski definition) is 1. The van der Waals surface area contributed by atoms with Crippen LogP contribution in [-0.4, -0.2) is 12.5 Å². The Hall–Kier alpha value is -1.32. The average molecular weight is 353 g/mol. The van der Waals surface area contributed by atoms with Gasteiger partial charge in [0.1, 0.15) is 0 Å². The van der Waals surface area contributed by atoms with E-state index < -0.39 is 0 Å². The van der Waals surface area contributed by atoms with Crippen LogP contribution in [0.4, 0.5) is 0 Å². The highest BCUT2D eigenvalue weighted by atomic mass is 79.9. The van der Waals surface area contributed by atoms with Gasteiger partial charge in [-0.25, -0.2) is 0 Å². The highest BCUT2D eigenvalue weighted by Gasteiger charge is 2.03. The van der Waals surface area contributed by atoms with Gasteiger partial charge < -0.3 is 5.32 Å². The van der Waals surface area contributed by atoms with Crippen molar-refractivity contribution >= 4 is 33.4 Å². The molecule has 0 spiro atoms. The number of carbonyl (C=O) groups is 1. The van der Waals surface area contributed by atoms with Gasteiger partial charge in [0.25, 0.3) is 0 Å². The van der Waals surface area contributed by atoms with Gasteiger partial charge in [0, 0.05) is 16.0 Å². The average Bonchev–Trinajstić information content (AvgIpc) is 2.41. The first kappa shape index (κ1) is 15.1. The van der Waals surface area contributed by atoms with Crippen LogP contribution in [0, 0.1) is 0 Å². The summed E-state index contributed by atoms with van der Waals surface area (Å²) in [4.78, 5) is 11.8. The summed E-state index contributed by atoms with van der Waals surface area (Å²) in [5.74, 6) is 0.0389. The number of carbonyl (C=O) groups excluding carboxylic acids is 1. The van der Waals surface area contributed by atoms with E-state index in [1.807, 2.05) is 48.5 Å². The molecular weight excluding hydrogens is 338 g/mol. The van der Waals surface area contributed by atoms with Crippen LogP contribution in [0.2, 0.25) is 5.02 Å². The van der Waals surface area contributed by atoms with Crippen molar-refractivity contribution in [3.05, 3.63) is 69.2 Å². The molecule has 0 bridgehead atoms. The lowest BCUT2D eigenvalue weighted by atomic mass is 10.1. The third-order valence-corrected chi connectivity index (χ3v) is 3.65. The van der Waals surface area contributed by atoms with Crippen molar-refractivity contribution in [3.8, 4) is 0 Å². The maximum Gasteiger partial charge on any atom is 0.224 e. The normalized spacial score (nSPS) is 10.3. The first-order valence-corrected chi connectivity index (χ1v) is 7.56. The Morgan fingerprint density at radius 3 is 2.55 bits per heavy atom. The third kappa shape index (κ3) is 4.99. The summed E-state index contributed by atoms with van der Waals surface area (Å²) >= 11 is 9.22. The lowest BCUT2D eigenvalue weighted by Crippen LogP contribution is -2.27. The van der Waals surface area contributed by atoms with Crippen LogP contribution in [0.1, 0.15) is 11.1 Å². The zero-order valence-electron chi connectivity index (χ0n) is 10.9. The van der Waals surface area contributed by atoms with Gasteiger partial charge in [-0.1, -0.05) is 51.8 Å². The van der Waals surface area contributed by atoms with Gasteiger partial charge in [-0.2, -0.15) is 0 Å². The van der Waals surface area contributed by atoms with Crippen molar-refractivity contribution in [2.75, 3.05) is 6.54 Å². The SMILES string of the molecule is O=C(Cc1cccc(Br)c1)NCCc1ccc(Cl)cc1. The molecule has 2 aromatic carbocycles. The standard InChI is InChI=1S/C16H15BrClNO/c17-14-3-1-2-13(10-14)11-16(20)19-9-8-12-4-6-15(18)7-5-12/h1-7,10H,8-9,11H2,(H,19,20). The molecule has 2 nitrogen and oxygen atoms in total. The smallest absolute Gasteiger partial charge is 0.224 e. The number of benzene rings is 2. The van der Waals surface area contributed by atoms with E-state index >= 15 is 0 Å². The molecule has 0 aliphatic heterocycles. The summed E-state index contributed by atoms with van der Waals surface area (Å²) in [5, 5.41) is 3.66. The summed E-state index contributed by atoms with van der Waals surface area (Å²) in [6, 6.07) is 15.5. The fraction of sp³-hybridized carbons (Fsp3) is 0.188. The lowest BCUT2D eigenvalue weighted by Gasteiger charge is -2.06. The number of nitrogens with one attached hydrogen (secondary N) is 1. The Morgan fingerprint density at radius 1 is 1.10 bits per heavy atom. The van der Waals surface area contributed by atoms with Crippen LogP contribution in [0.15, 0.2) is 53.0 Å². The van der Waals surface area contributed by atoms with E-state index in [-0.39, 0.29) is 5.91 Å². The molecule has 0 radical (unpaired) electrons. The maximum absolute atomic E-state index is 11.8. The first-order chi connectivity index (χ1) is 9.63. The van der Waals surface area contributed by atoms with E-state index in [1.54, 1.807) is 0 Å². The van der Waals surface area contributed by atoms with Gasteiger partial charge in [-0.05, 0) is 41.8 Å². The zero-order chi connectivity index (χ0) is 14.4. The van der Waals surface area contributed by atoms with Gasteiger partial charge in [0.2, 0.25) is 5.91 Å². The quantitative estimate of drug-likeness (QED) is 0.865. The lowest BCUT2D eigenvalue weighted by molar-refractivity contribution is -0.120. The van der Waals surface area contributed by atoms with Crippen molar-refractivity contribution in [2.24, 2.45) is 0 Å². The largest absolute Gasteiger partial charge is 0.355 e. The van der Waals surface area contributed by atoms with Crippen LogP contribution < -0.4 is 5.32 Å². The molecule has 0 saturated heterocycles. The van der Waals surface area contributed by atoms with Crippen molar-refractivity contribution in [3.63, 3.8) is 0 Å². The molecule has 1 amide bonds. The Morgan fingerprint density at radius 2 is 1.85 bits per heavy atom. The van der Waals surface area contributed by atoms with Crippen LogP contribution >= 0.6 is 27.5 Å². The monoisotopic (exact) mass is 351 g/mol. The van der Waals surface area contributed by atoms with Crippen molar-refractivity contribution in [1.29, 1.82) is 0 Å². The molecule has 104 valence electrons. The molecular formula is C16H15BrClNO. The summed E-state index contributed by atoms with van der Waals surface area (Å²) in [5.41, 5.74) is 2.17. The molecule has 2 rings (SSSR count). The second-order valence-corrected chi connectivity index (χ2v) is 5.89. The van der Waals surface area contributed by atoms with E-state index in [0.717, 1.165) is 27.0 Å². The number of rotatable bonds is 5. The molecule has 0 saturated carbocycles. The molecule has 2 aromatic rings. The fourth-order valence-corrected chi connectivity index (χ4v) is 2.46. The van der Waals surface area contributed by atoms with Crippen LogP contribution in [0.5, 0.6) is 0 Å². The minimum atomic E-state index is 0.0389. The molecule has 4 heteroatoms.